The summed E-state index contributed by atoms with van der Waals surface area (Å²) in [6.45, 7) is 1.07. The Morgan fingerprint density at radius 2 is 2.14 bits per heavy atom. The number of amides is 2. The van der Waals surface area contributed by atoms with Gasteiger partial charge < -0.3 is 15.3 Å². The number of anilines is 1. The summed E-state index contributed by atoms with van der Waals surface area (Å²) in [6, 6.07) is 8.47. The fourth-order valence-corrected chi connectivity index (χ4v) is 3.28. The summed E-state index contributed by atoms with van der Waals surface area (Å²) >= 11 is 0. The van der Waals surface area contributed by atoms with E-state index in [9.17, 15) is 14.7 Å². The zero-order valence-electron chi connectivity index (χ0n) is 17.8. The van der Waals surface area contributed by atoms with Crippen LogP contribution in [0.3, 0.4) is 0 Å². The lowest BCUT2D eigenvalue weighted by molar-refractivity contribution is -0.121. The molecule has 1 aliphatic heterocycles. The number of nitrogens with zero attached hydrogens (tertiary/aromatic N) is 2. The van der Waals surface area contributed by atoms with Gasteiger partial charge in [0, 0.05) is 46.7 Å². The number of carbonyl (C=O) groups excluding carboxylic acids is 2. The van der Waals surface area contributed by atoms with Crippen LogP contribution in [0.15, 0.2) is 42.7 Å². The number of aromatic hydroxyl groups is 1. The molecule has 0 saturated heterocycles. The molecule has 0 radical (unpaired) electrons. The first-order valence-electron chi connectivity index (χ1n) is 10.8. The molecule has 6 heteroatoms. The summed E-state index contributed by atoms with van der Waals surface area (Å²) in [5.74, 6) is -0.174. The Bertz CT molecular complexity index is 879. The summed E-state index contributed by atoms with van der Waals surface area (Å²) in [7, 11) is 0. The van der Waals surface area contributed by atoms with E-state index in [1.807, 2.05) is 0 Å². The molecular formula is C22H27N3O3. The SMILES string of the molecule is [2H]C(C(=O)NCCCCCC(=O)N1CCc2cc(O)ccc21)C([2H])c1cccnc1. The minimum Gasteiger partial charge on any atom is -0.508 e. The fourth-order valence-electron chi connectivity index (χ4n) is 3.28. The van der Waals surface area contributed by atoms with Crippen LogP contribution in [0, 0.1) is 0 Å². The number of aromatic nitrogens is 1. The summed E-state index contributed by atoms with van der Waals surface area (Å²) in [5.41, 5.74) is 2.42. The van der Waals surface area contributed by atoms with Crippen LogP contribution >= 0.6 is 0 Å². The summed E-state index contributed by atoms with van der Waals surface area (Å²) in [6.07, 6.45) is 4.34. The number of hydrogen-bond acceptors (Lipinski definition) is 4. The van der Waals surface area contributed by atoms with E-state index in [1.54, 1.807) is 41.4 Å². The third-order valence-electron chi connectivity index (χ3n) is 4.74. The molecule has 3 rings (SSSR count). The maximum absolute atomic E-state index is 12.5. The van der Waals surface area contributed by atoms with Crippen molar-refractivity contribution in [2.75, 3.05) is 18.0 Å². The lowest BCUT2D eigenvalue weighted by Gasteiger charge is -2.17. The monoisotopic (exact) mass is 383 g/mol. The van der Waals surface area contributed by atoms with Crippen LogP contribution in [0.4, 0.5) is 5.69 Å². The topological polar surface area (TPSA) is 82.5 Å². The molecule has 0 saturated carbocycles. The number of phenols is 1. The normalized spacial score (nSPS) is 15.9. The van der Waals surface area contributed by atoms with Crippen LogP contribution in [-0.2, 0) is 22.4 Å². The lowest BCUT2D eigenvalue weighted by atomic mass is 10.1. The average Bonchev–Trinajstić information content (AvgIpc) is 3.18. The zero-order chi connectivity index (χ0) is 21.5. The smallest absolute Gasteiger partial charge is 0.226 e. The van der Waals surface area contributed by atoms with Crippen molar-refractivity contribution in [2.45, 2.75) is 44.9 Å². The number of fused-ring (bicyclic) bond motifs is 1. The molecule has 1 aliphatic rings. The highest BCUT2D eigenvalue weighted by atomic mass is 16.3. The number of phenolic OH excluding ortho intramolecular Hbond substituents is 1. The van der Waals surface area contributed by atoms with Crippen molar-refractivity contribution in [3.05, 3.63) is 53.9 Å². The Hall–Kier alpha value is -2.89. The number of hydrogen-bond donors (Lipinski definition) is 2. The highest BCUT2D eigenvalue weighted by Crippen LogP contribution is 2.31. The van der Waals surface area contributed by atoms with Gasteiger partial charge in [0.1, 0.15) is 5.75 Å². The van der Waals surface area contributed by atoms with Crippen LogP contribution in [0.1, 0.15) is 45.9 Å². The van der Waals surface area contributed by atoms with Gasteiger partial charge in [-0.3, -0.25) is 14.6 Å². The number of pyridine rings is 1. The first kappa shape index (κ1) is 17.2. The Labute approximate surface area is 168 Å². The number of aryl methyl sites for hydroxylation is 1. The molecule has 0 fully saturated rings. The van der Waals surface area contributed by atoms with Gasteiger partial charge in [0.05, 0.1) is 0 Å². The van der Waals surface area contributed by atoms with Crippen molar-refractivity contribution in [3.8, 4) is 5.75 Å². The molecule has 0 spiro atoms. The van der Waals surface area contributed by atoms with Crippen molar-refractivity contribution in [1.82, 2.24) is 10.3 Å². The van der Waals surface area contributed by atoms with E-state index in [1.165, 1.54) is 6.20 Å². The summed E-state index contributed by atoms with van der Waals surface area (Å²) in [5, 5.41) is 12.3. The predicted octanol–water partition coefficient (Wildman–Crippen LogP) is 2.99. The second kappa shape index (κ2) is 9.88. The van der Waals surface area contributed by atoms with E-state index in [0.29, 0.717) is 31.5 Å². The highest BCUT2D eigenvalue weighted by molar-refractivity contribution is 5.95. The molecule has 0 bridgehead atoms. The Balaban J connectivity index is 1.33. The molecule has 2 heterocycles. The van der Waals surface area contributed by atoms with Gasteiger partial charge in [-0.15, -0.1) is 0 Å². The standard InChI is InChI=1S/C22H27N3O3/c26-19-8-9-20-18(15-19)11-14-25(20)22(28)6-2-1-3-13-24-21(27)10-7-17-5-4-12-23-16-17/h4-5,8-9,12,15-16,26H,1-3,6-7,10-11,13-14H2,(H,24,27)/i7D,10D. The first-order chi connectivity index (χ1) is 14.5. The van der Waals surface area contributed by atoms with Gasteiger partial charge in [0.2, 0.25) is 11.8 Å². The van der Waals surface area contributed by atoms with Gasteiger partial charge in [0.25, 0.3) is 0 Å². The molecule has 2 aromatic rings. The van der Waals surface area contributed by atoms with Gasteiger partial charge in [-0.2, -0.15) is 0 Å². The number of carbonyl (C=O) groups is 2. The third-order valence-corrected chi connectivity index (χ3v) is 4.74. The number of benzene rings is 1. The first-order valence-corrected chi connectivity index (χ1v) is 9.62. The molecule has 0 aliphatic carbocycles. The maximum atomic E-state index is 12.5. The quantitative estimate of drug-likeness (QED) is 0.652. The van der Waals surface area contributed by atoms with Crippen molar-refractivity contribution in [2.24, 2.45) is 0 Å². The van der Waals surface area contributed by atoms with E-state index in [2.05, 4.69) is 10.3 Å². The minimum atomic E-state index is -1.20. The average molecular weight is 383 g/mol. The van der Waals surface area contributed by atoms with Crippen LogP contribution in [0.25, 0.3) is 0 Å². The molecule has 2 unspecified atom stereocenters. The highest BCUT2D eigenvalue weighted by Gasteiger charge is 2.24. The molecule has 28 heavy (non-hydrogen) atoms. The van der Waals surface area contributed by atoms with Crippen molar-refractivity contribution >= 4 is 17.5 Å². The summed E-state index contributed by atoms with van der Waals surface area (Å²) < 4.78 is 16.0. The van der Waals surface area contributed by atoms with Gasteiger partial charge in [0.15, 0.2) is 0 Å². The largest absolute Gasteiger partial charge is 0.508 e. The molecule has 1 aromatic carbocycles. The molecule has 6 nitrogen and oxygen atoms in total. The van der Waals surface area contributed by atoms with Gasteiger partial charge in [-0.25, -0.2) is 0 Å². The number of nitrogens with one attached hydrogen (secondary N) is 1. The van der Waals surface area contributed by atoms with E-state index in [4.69, 9.17) is 2.74 Å². The minimum absolute atomic E-state index is 0.0724. The van der Waals surface area contributed by atoms with Gasteiger partial charge in [-0.1, -0.05) is 12.5 Å². The third kappa shape index (κ3) is 5.55. The van der Waals surface area contributed by atoms with Gasteiger partial charge in [-0.05, 0) is 61.1 Å². The molecule has 1 aromatic heterocycles. The van der Waals surface area contributed by atoms with E-state index in [0.717, 1.165) is 30.5 Å². The lowest BCUT2D eigenvalue weighted by Crippen LogP contribution is -2.28. The number of unbranched alkanes of at least 4 members (excludes halogenated alkanes) is 2. The van der Waals surface area contributed by atoms with Gasteiger partial charge >= 0.3 is 0 Å². The van der Waals surface area contributed by atoms with Crippen LogP contribution in [-0.4, -0.2) is 35.0 Å². The van der Waals surface area contributed by atoms with Crippen LogP contribution in [0.2, 0.25) is 0 Å². The zero-order valence-corrected chi connectivity index (χ0v) is 15.8. The van der Waals surface area contributed by atoms with E-state index < -0.39 is 18.7 Å². The number of rotatable bonds is 9. The van der Waals surface area contributed by atoms with Crippen molar-refractivity contribution in [1.29, 1.82) is 0 Å². The maximum Gasteiger partial charge on any atom is 0.226 e. The summed E-state index contributed by atoms with van der Waals surface area (Å²) in [4.78, 5) is 30.3. The fraction of sp³-hybridized carbons (Fsp3) is 0.409. The van der Waals surface area contributed by atoms with Crippen molar-refractivity contribution in [3.63, 3.8) is 0 Å². The van der Waals surface area contributed by atoms with E-state index in [-0.39, 0.29) is 11.7 Å². The van der Waals surface area contributed by atoms with E-state index >= 15 is 0 Å². The Morgan fingerprint density at radius 3 is 2.96 bits per heavy atom. The predicted molar refractivity (Wildman–Crippen MR) is 108 cm³/mol. The van der Waals surface area contributed by atoms with Crippen LogP contribution in [0.5, 0.6) is 5.75 Å². The molecule has 2 amide bonds. The molecule has 2 N–H and O–H groups in total. The molecule has 148 valence electrons. The second-order valence-corrected chi connectivity index (χ2v) is 6.83. The molecular weight excluding hydrogens is 354 g/mol. The Kier molecular flexibility index (Phi) is 6.07. The molecule has 2 atom stereocenters. The Morgan fingerprint density at radius 1 is 1.25 bits per heavy atom. The second-order valence-electron chi connectivity index (χ2n) is 6.83. The van der Waals surface area contributed by atoms with Crippen LogP contribution < -0.4 is 10.2 Å². The van der Waals surface area contributed by atoms with Crippen molar-refractivity contribution < 1.29 is 17.4 Å².